The molecule has 1 atom stereocenters. The monoisotopic (exact) mass is 345 g/mol. The summed E-state index contributed by atoms with van der Waals surface area (Å²) in [7, 11) is 3.27. The molecule has 1 aliphatic rings. The number of hydrogen-bond donors (Lipinski definition) is 1. The molecule has 1 fully saturated rings. The highest BCUT2D eigenvalue weighted by Gasteiger charge is 2.23. The van der Waals surface area contributed by atoms with E-state index >= 15 is 0 Å². The molecule has 0 bridgehead atoms. The largest absolute Gasteiger partial charge is 0.497 e. The van der Waals surface area contributed by atoms with E-state index in [1.54, 1.807) is 14.2 Å². The predicted molar refractivity (Wildman–Crippen MR) is 93.8 cm³/mol. The maximum absolute atomic E-state index is 12.0. The Balaban J connectivity index is 1.49. The number of nitrogens with one attached hydrogen (secondary N) is 1. The van der Waals surface area contributed by atoms with Crippen LogP contribution >= 0.6 is 0 Å². The van der Waals surface area contributed by atoms with Gasteiger partial charge in [0.1, 0.15) is 18.6 Å². The Morgan fingerprint density at radius 1 is 1.44 bits per heavy atom. The van der Waals surface area contributed by atoms with Crippen molar-refractivity contribution in [3.63, 3.8) is 0 Å². The zero-order chi connectivity index (χ0) is 17.8. The predicted octanol–water partition coefficient (Wildman–Crippen LogP) is 0.233. The van der Waals surface area contributed by atoms with E-state index in [0.717, 1.165) is 35.6 Å². The molecule has 1 N–H and O–H groups in total. The van der Waals surface area contributed by atoms with E-state index in [4.69, 9.17) is 4.74 Å². The zero-order valence-corrected chi connectivity index (χ0v) is 14.5. The van der Waals surface area contributed by atoms with Crippen LogP contribution in [0.1, 0.15) is 6.42 Å². The number of nitrogens with zero attached hydrogens (tertiary/aromatic N) is 4. The van der Waals surface area contributed by atoms with Crippen molar-refractivity contribution in [1.29, 1.82) is 0 Å². The highest BCUT2D eigenvalue weighted by molar-refractivity contribution is 5.75. The molecular weight excluding hydrogens is 322 g/mol. The molecule has 1 saturated heterocycles. The number of aromatic nitrogens is 3. The Kier molecular flexibility index (Phi) is 5.06. The fourth-order valence-electron chi connectivity index (χ4n) is 3.02. The van der Waals surface area contributed by atoms with Crippen LogP contribution in [0, 0.1) is 5.92 Å². The molecule has 0 spiro atoms. The van der Waals surface area contributed by atoms with Crippen molar-refractivity contribution in [2.75, 3.05) is 31.6 Å². The van der Waals surface area contributed by atoms with Crippen LogP contribution in [0.25, 0.3) is 0 Å². The first-order valence-corrected chi connectivity index (χ1v) is 8.31. The lowest BCUT2D eigenvalue weighted by molar-refractivity contribution is -0.122. The molecule has 8 nitrogen and oxygen atoms in total. The van der Waals surface area contributed by atoms with E-state index < -0.39 is 0 Å². The molecule has 8 heteroatoms. The van der Waals surface area contributed by atoms with Crippen molar-refractivity contribution in [2.24, 2.45) is 13.0 Å². The standard InChI is InChI=1S/C17H23N5O3/c1-20-12-19-22(17(20)24)11-16(23)18-9-13-6-7-21(10-13)14-4-3-5-15(8-14)25-2/h3-5,8,12-13H,6-7,9-11H2,1-2H3,(H,18,23). The lowest BCUT2D eigenvalue weighted by Gasteiger charge is -2.19. The molecule has 25 heavy (non-hydrogen) atoms. The first-order chi connectivity index (χ1) is 12.1. The summed E-state index contributed by atoms with van der Waals surface area (Å²) in [4.78, 5) is 26.0. The zero-order valence-electron chi connectivity index (χ0n) is 14.5. The summed E-state index contributed by atoms with van der Waals surface area (Å²) in [5, 5.41) is 6.79. The van der Waals surface area contributed by atoms with Crippen LogP contribution in [0.3, 0.4) is 0 Å². The molecule has 1 aromatic heterocycles. The van der Waals surface area contributed by atoms with Gasteiger partial charge < -0.3 is 15.0 Å². The average molecular weight is 345 g/mol. The van der Waals surface area contributed by atoms with Crippen molar-refractivity contribution in [3.05, 3.63) is 41.1 Å². The number of hydrogen-bond acceptors (Lipinski definition) is 5. The van der Waals surface area contributed by atoms with Crippen molar-refractivity contribution in [3.8, 4) is 5.75 Å². The second kappa shape index (κ2) is 7.42. The fraction of sp³-hybridized carbons (Fsp3) is 0.471. The van der Waals surface area contributed by atoms with Crippen LogP contribution < -0.4 is 20.6 Å². The molecule has 3 rings (SSSR count). The second-order valence-electron chi connectivity index (χ2n) is 6.29. The Morgan fingerprint density at radius 2 is 2.28 bits per heavy atom. The Morgan fingerprint density at radius 3 is 3.00 bits per heavy atom. The fourth-order valence-corrected chi connectivity index (χ4v) is 3.02. The van der Waals surface area contributed by atoms with E-state index in [1.165, 1.54) is 10.9 Å². The number of methoxy groups -OCH3 is 1. The maximum Gasteiger partial charge on any atom is 0.345 e. The summed E-state index contributed by atoms with van der Waals surface area (Å²) < 4.78 is 7.77. The lowest BCUT2D eigenvalue weighted by atomic mass is 10.1. The minimum absolute atomic E-state index is 0.0496. The van der Waals surface area contributed by atoms with E-state index in [0.29, 0.717) is 12.5 Å². The number of amides is 1. The highest BCUT2D eigenvalue weighted by Crippen LogP contribution is 2.26. The van der Waals surface area contributed by atoms with Gasteiger partial charge in [0.05, 0.1) is 7.11 Å². The van der Waals surface area contributed by atoms with Gasteiger partial charge in [0, 0.05) is 38.4 Å². The van der Waals surface area contributed by atoms with Gasteiger partial charge in [0.25, 0.3) is 0 Å². The van der Waals surface area contributed by atoms with Crippen LogP contribution in [0.15, 0.2) is 35.4 Å². The molecule has 0 aliphatic carbocycles. The van der Waals surface area contributed by atoms with Crippen molar-refractivity contribution < 1.29 is 9.53 Å². The molecular formula is C17H23N5O3. The van der Waals surface area contributed by atoms with Crippen molar-refractivity contribution in [2.45, 2.75) is 13.0 Å². The first-order valence-electron chi connectivity index (χ1n) is 8.31. The maximum atomic E-state index is 12.0. The summed E-state index contributed by atoms with van der Waals surface area (Å²) in [5.41, 5.74) is 0.841. The van der Waals surface area contributed by atoms with Crippen LogP contribution in [0.2, 0.25) is 0 Å². The Hall–Kier alpha value is -2.77. The Bertz CT molecular complexity index is 798. The van der Waals surface area contributed by atoms with E-state index in [1.807, 2.05) is 18.2 Å². The van der Waals surface area contributed by atoms with Gasteiger partial charge in [-0.1, -0.05) is 6.07 Å². The van der Waals surface area contributed by atoms with Gasteiger partial charge in [0.15, 0.2) is 0 Å². The van der Waals surface area contributed by atoms with Gasteiger partial charge in [-0.25, -0.2) is 9.48 Å². The highest BCUT2D eigenvalue weighted by atomic mass is 16.5. The molecule has 0 radical (unpaired) electrons. The summed E-state index contributed by atoms with van der Waals surface area (Å²) in [5.74, 6) is 1.03. The minimum atomic E-state index is -0.291. The number of carbonyl (C=O) groups is 1. The number of aryl methyl sites for hydroxylation is 1. The summed E-state index contributed by atoms with van der Waals surface area (Å²) in [6, 6.07) is 8.00. The van der Waals surface area contributed by atoms with Crippen LogP contribution in [-0.2, 0) is 18.4 Å². The van der Waals surface area contributed by atoms with Crippen molar-refractivity contribution in [1.82, 2.24) is 19.7 Å². The molecule has 134 valence electrons. The summed E-state index contributed by atoms with van der Waals surface area (Å²) >= 11 is 0. The minimum Gasteiger partial charge on any atom is -0.497 e. The third kappa shape index (κ3) is 4.01. The molecule has 2 heterocycles. The van der Waals surface area contributed by atoms with Gasteiger partial charge >= 0.3 is 5.69 Å². The van der Waals surface area contributed by atoms with Gasteiger partial charge in [0.2, 0.25) is 5.91 Å². The lowest BCUT2D eigenvalue weighted by Crippen LogP contribution is -2.36. The molecule has 0 saturated carbocycles. The van der Waals surface area contributed by atoms with Crippen LogP contribution in [0.4, 0.5) is 5.69 Å². The normalized spacial score (nSPS) is 16.9. The van der Waals surface area contributed by atoms with E-state index in [9.17, 15) is 9.59 Å². The topological polar surface area (TPSA) is 81.4 Å². The summed E-state index contributed by atoms with van der Waals surface area (Å²) in [6.07, 6.45) is 2.42. The van der Waals surface area contributed by atoms with Gasteiger partial charge in [-0.3, -0.25) is 9.36 Å². The third-order valence-electron chi connectivity index (χ3n) is 4.47. The molecule has 1 unspecified atom stereocenters. The Labute approximate surface area is 146 Å². The van der Waals surface area contributed by atoms with E-state index in [-0.39, 0.29) is 18.1 Å². The number of carbonyl (C=O) groups excluding carboxylic acids is 1. The molecule has 1 aliphatic heterocycles. The quantitative estimate of drug-likeness (QED) is 0.811. The third-order valence-corrected chi connectivity index (χ3v) is 4.47. The van der Waals surface area contributed by atoms with Crippen LogP contribution in [0.5, 0.6) is 5.75 Å². The van der Waals surface area contributed by atoms with Crippen molar-refractivity contribution >= 4 is 11.6 Å². The number of rotatable bonds is 6. The van der Waals surface area contributed by atoms with Gasteiger partial charge in [-0.2, -0.15) is 5.10 Å². The average Bonchev–Trinajstić information content (AvgIpc) is 3.22. The molecule has 1 amide bonds. The van der Waals surface area contributed by atoms with Gasteiger partial charge in [-0.05, 0) is 24.5 Å². The molecule has 1 aromatic carbocycles. The number of benzene rings is 1. The number of ether oxygens (including phenoxy) is 1. The van der Waals surface area contributed by atoms with E-state index in [2.05, 4.69) is 21.4 Å². The second-order valence-corrected chi connectivity index (χ2v) is 6.29. The SMILES string of the molecule is COc1cccc(N2CCC(CNC(=O)Cn3ncn(C)c3=O)C2)c1. The molecule has 2 aromatic rings. The first kappa shape index (κ1) is 17.1. The summed E-state index contributed by atoms with van der Waals surface area (Å²) in [6.45, 7) is 2.39. The number of anilines is 1. The van der Waals surface area contributed by atoms with Gasteiger partial charge in [-0.15, -0.1) is 0 Å². The smallest absolute Gasteiger partial charge is 0.345 e. The van der Waals surface area contributed by atoms with Crippen LogP contribution in [-0.4, -0.2) is 47.0 Å².